The van der Waals surface area contributed by atoms with E-state index < -0.39 is 0 Å². The van der Waals surface area contributed by atoms with Crippen LogP contribution in [0.1, 0.15) is 31.2 Å². The minimum absolute atomic E-state index is 0.322. The molecule has 2 N–H and O–H groups in total. The molecule has 6 heteroatoms. The smallest absolute Gasteiger partial charge is 0.231 e. The molecule has 0 radical (unpaired) electrons. The third-order valence-corrected chi connectivity index (χ3v) is 6.06. The number of aromatic nitrogens is 1. The molecule has 5 rings (SSSR count). The lowest BCUT2D eigenvalue weighted by Crippen LogP contribution is -2.36. The van der Waals surface area contributed by atoms with Crippen molar-refractivity contribution in [1.29, 1.82) is 0 Å². The molecule has 0 saturated heterocycles. The number of hydrogen-bond acceptors (Lipinski definition) is 5. The molecule has 1 aliphatic heterocycles. The molecule has 3 aromatic rings. The second-order valence-corrected chi connectivity index (χ2v) is 8.22. The zero-order valence-corrected chi connectivity index (χ0v) is 16.9. The van der Waals surface area contributed by atoms with E-state index in [1.165, 1.54) is 5.56 Å². The molecule has 1 aromatic heterocycles. The van der Waals surface area contributed by atoms with Crippen LogP contribution in [0.3, 0.4) is 0 Å². The van der Waals surface area contributed by atoms with Gasteiger partial charge in [-0.2, -0.15) is 0 Å². The first kappa shape index (κ1) is 18.5. The van der Waals surface area contributed by atoms with Gasteiger partial charge in [-0.1, -0.05) is 17.7 Å². The van der Waals surface area contributed by atoms with Crippen LogP contribution in [0.25, 0.3) is 10.9 Å². The summed E-state index contributed by atoms with van der Waals surface area (Å²) in [7, 11) is 0. The van der Waals surface area contributed by atoms with E-state index in [0.29, 0.717) is 18.9 Å². The average molecular weight is 410 g/mol. The normalized spacial score (nSPS) is 20.7. The summed E-state index contributed by atoms with van der Waals surface area (Å²) >= 11 is 6.10. The standard InChI is InChI=1S/C23H24ClN3O2/c24-16-2-7-19-20(9-10-25-21(19)12-16)27-18-5-3-17(4-6-18)26-13-15-1-8-22-23(11-15)29-14-28-22/h1-2,7-12,17-18,26H,3-6,13-14H2,(H,25,27). The van der Waals surface area contributed by atoms with Crippen LogP contribution in [0.2, 0.25) is 5.02 Å². The molecule has 0 atom stereocenters. The molecule has 1 fully saturated rings. The predicted octanol–water partition coefficient (Wildman–Crippen LogP) is 5.13. The maximum atomic E-state index is 6.10. The number of halogens is 1. The summed E-state index contributed by atoms with van der Waals surface area (Å²) in [6.07, 6.45) is 6.47. The first-order chi connectivity index (χ1) is 14.2. The molecule has 2 heterocycles. The Kier molecular flexibility index (Phi) is 5.17. The van der Waals surface area contributed by atoms with Gasteiger partial charge in [0.05, 0.1) is 5.52 Å². The number of ether oxygens (including phenoxy) is 2. The van der Waals surface area contributed by atoms with E-state index in [9.17, 15) is 0 Å². The fourth-order valence-corrected chi connectivity index (χ4v) is 4.39. The van der Waals surface area contributed by atoms with Crippen LogP contribution in [-0.4, -0.2) is 23.9 Å². The van der Waals surface area contributed by atoms with E-state index >= 15 is 0 Å². The molecule has 1 saturated carbocycles. The molecule has 2 aliphatic rings. The Morgan fingerprint density at radius 1 is 0.931 bits per heavy atom. The predicted molar refractivity (Wildman–Crippen MR) is 116 cm³/mol. The molecule has 0 unspecified atom stereocenters. The van der Waals surface area contributed by atoms with Crippen LogP contribution in [0, 0.1) is 0 Å². The first-order valence-electron chi connectivity index (χ1n) is 10.2. The lowest BCUT2D eigenvalue weighted by Gasteiger charge is -2.30. The lowest BCUT2D eigenvalue weighted by atomic mass is 9.90. The molecule has 5 nitrogen and oxygen atoms in total. The largest absolute Gasteiger partial charge is 0.454 e. The van der Waals surface area contributed by atoms with Gasteiger partial charge in [0.2, 0.25) is 6.79 Å². The maximum Gasteiger partial charge on any atom is 0.231 e. The molecule has 0 bridgehead atoms. The Bertz CT molecular complexity index is 1020. The van der Waals surface area contributed by atoms with E-state index in [-0.39, 0.29) is 0 Å². The summed E-state index contributed by atoms with van der Waals surface area (Å²) in [5.41, 5.74) is 3.31. The third kappa shape index (κ3) is 4.11. The van der Waals surface area contributed by atoms with Crippen LogP contribution in [-0.2, 0) is 6.54 Å². The van der Waals surface area contributed by atoms with Crippen molar-refractivity contribution in [2.45, 2.75) is 44.3 Å². The van der Waals surface area contributed by atoms with Gasteiger partial charge in [-0.3, -0.25) is 4.98 Å². The van der Waals surface area contributed by atoms with Crippen LogP contribution in [0.4, 0.5) is 5.69 Å². The number of nitrogens with zero attached hydrogens (tertiary/aromatic N) is 1. The van der Waals surface area contributed by atoms with Gasteiger partial charge in [0.1, 0.15) is 0 Å². The third-order valence-electron chi connectivity index (χ3n) is 5.82. The molecular weight excluding hydrogens is 386 g/mol. The second-order valence-electron chi connectivity index (χ2n) is 7.78. The second kappa shape index (κ2) is 8.09. The van der Waals surface area contributed by atoms with Gasteiger partial charge in [0, 0.05) is 40.9 Å². The number of pyridine rings is 1. The van der Waals surface area contributed by atoms with Crippen molar-refractivity contribution >= 4 is 28.2 Å². The minimum atomic E-state index is 0.322. The Morgan fingerprint density at radius 2 is 1.76 bits per heavy atom. The van der Waals surface area contributed by atoms with Crippen molar-refractivity contribution in [2.24, 2.45) is 0 Å². The number of nitrogens with one attached hydrogen (secondary N) is 2. The first-order valence-corrected chi connectivity index (χ1v) is 10.5. The number of hydrogen-bond donors (Lipinski definition) is 2. The molecule has 0 amide bonds. The van der Waals surface area contributed by atoms with Gasteiger partial charge in [-0.25, -0.2) is 0 Å². The highest BCUT2D eigenvalue weighted by molar-refractivity contribution is 6.31. The fourth-order valence-electron chi connectivity index (χ4n) is 4.22. The van der Waals surface area contributed by atoms with Gasteiger partial charge in [-0.05, 0) is 67.6 Å². The zero-order valence-electron chi connectivity index (χ0n) is 16.2. The van der Waals surface area contributed by atoms with Crippen LogP contribution in [0.5, 0.6) is 11.5 Å². The highest BCUT2D eigenvalue weighted by Crippen LogP contribution is 2.33. The van der Waals surface area contributed by atoms with E-state index in [1.54, 1.807) is 0 Å². The van der Waals surface area contributed by atoms with E-state index in [4.69, 9.17) is 21.1 Å². The van der Waals surface area contributed by atoms with Crippen molar-refractivity contribution in [3.8, 4) is 11.5 Å². The summed E-state index contributed by atoms with van der Waals surface area (Å²) < 4.78 is 10.8. The Labute approximate surface area is 175 Å². The highest BCUT2D eigenvalue weighted by atomic mass is 35.5. The van der Waals surface area contributed by atoms with Crippen LogP contribution >= 0.6 is 11.6 Å². The van der Waals surface area contributed by atoms with Gasteiger partial charge in [0.25, 0.3) is 0 Å². The number of rotatable bonds is 5. The average Bonchev–Trinajstić information content (AvgIpc) is 3.21. The summed E-state index contributed by atoms with van der Waals surface area (Å²) in [6.45, 7) is 1.18. The number of anilines is 1. The molecule has 0 spiro atoms. The quantitative estimate of drug-likeness (QED) is 0.611. The molecule has 29 heavy (non-hydrogen) atoms. The lowest BCUT2D eigenvalue weighted by molar-refractivity contribution is 0.174. The monoisotopic (exact) mass is 409 g/mol. The topological polar surface area (TPSA) is 55.4 Å². The van der Waals surface area contributed by atoms with Crippen molar-refractivity contribution < 1.29 is 9.47 Å². The zero-order chi connectivity index (χ0) is 19.6. The van der Waals surface area contributed by atoms with Gasteiger partial charge in [-0.15, -0.1) is 0 Å². The van der Waals surface area contributed by atoms with Crippen molar-refractivity contribution in [1.82, 2.24) is 10.3 Å². The van der Waals surface area contributed by atoms with Crippen molar-refractivity contribution in [2.75, 3.05) is 12.1 Å². The Morgan fingerprint density at radius 3 is 2.66 bits per heavy atom. The fraction of sp³-hybridized carbons (Fsp3) is 0.348. The van der Waals surface area contributed by atoms with Gasteiger partial charge in [0.15, 0.2) is 11.5 Å². The van der Waals surface area contributed by atoms with Crippen LogP contribution in [0.15, 0.2) is 48.7 Å². The number of fused-ring (bicyclic) bond motifs is 2. The summed E-state index contributed by atoms with van der Waals surface area (Å²) in [5.74, 6) is 1.69. The summed E-state index contributed by atoms with van der Waals surface area (Å²) in [6, 6.07) is 15.1. The molecule has 2 aromatic carbocycles. The van der Waals surface area contributed by atoms with Crippen molar-refractivity contribution in [3.05, 3.63) is 59.2 Å². The van der Waals surface area contributed by atoms with E-state index in [1.807, 2.05) is 30.5 Å². The van der Waals surface area contributed by atoms with E-state index in [0.717, 1.165) is 65.3 Å². The summed E-state index contributed by atoms with van der Waals surface area (Å²) in [5, 5.41) is 9.27. The van der Waals surface area contributed by atoms with Gasteiger partial charge >= 0.3 is 0 Å². The molecule has 1 aliphatic carbocycles. The molecule has 150 valence electrons. The summed E-state index contributed by atoms with van der Waals surface area (Å²) in [4.78, 5) is 4.43. The molecular formula is C23H24ClN3O2. The number of benzene rings is 2. The van der Waals surface area contributed by atoms with Crippen LogP contribution < -0.4 is 20.1 Å². The van der Waals surface area contributed by atoms with Gasteiger partial charge < -0.3 is 20.1 Å². The van der Waals surface area contributed by atoms with E-state index in [2.05, 4.69) is 33.8 Å². The Balaban J connectivity index is 1.15. The minimum Gasteiger partial charge on any atom is -0.454 e. The Hall–Kier alpha value is -2.50. The maximum absolute atomic E-state index is 6.10. The van der Waals surface area contributed by atoms with Crippen molar-refractivity contribution in [3.63, 3.8) is 0 Å². The highest BCUT2D eigenvalue weighted by Gasteiger charge is 2.21. The SMILES string of the molecule is Clc1ccc2c(NC3CCC(NCc4ccc5c(c4)OCO5)CC3)ccnc2c1.